The Labute approximate surface area is 141 Å². The molecule has 3 aromatic rings. The van der Waals surface area contributed by atoms with E-state index in [0.29, 0.717) is 22.4 Å². The summed E-state index contributed by atoms with van der Waals surface area (Å²) in [6, 6.07) is 3.40. The highest BCUT2D eigenvalue weighted by atomic mass is 32.2. The predicted octanol–water partition coefficient (Wildman–Crippen LogP) is 2.98. The van der Waals surface area contributed by atoms with Gasteiger partial charge < -0.3 is 9.32 Å². The van der Waals surface area contributed by atoms with Gasteiger partial charge in [-0.3, -0.25) is 9.89 Å². The molecule has 0 fully saturated rings. The van der Waals surface area contributed by atoms with Gasteiger partial charge in [-0.15, -0.1) is 11.3 Å². The summed E-state index contributed by atoms with van der Waals surface area (Å²) in [4.78, 5) is 22.4. The van der Waals surface area contributed by atoms with E-state index >= 15 is 0 Å². The highest BCUT2D eigenvalue weighted by Gasteiger charge is 2.23. The molecule has 3 heterocycles. The quantitative estimate of drug-likeness (QED) is 0.688. The fourth-order valence-corrected chi connectivity index (χ4v) is 3.34. The summed E-state index contributed by atoms with van der Waals surface area (Å²) in [7, 11) is 1.75. The molecule has 0 radical (unpaired) electrons. The van der Waals surface area contributed by atoms with Crippen LogP contribution in [0.1, 0.15) is 34.3 Å². The Kier molecular flexibility index (Phi) is 4.77. The average molecular weight is 349 g/mol. The molecule has 23 heavy (non-hydrogen) atoms. The van der Waals surface area contributed by atoms with Crippen LogP contribution in [0.3, 0.4) is 0 Å². The molecule has 0 bridgehead atoms. The second kappa shape index (κ2) is 6.97. The summed E-state index contributed by atoms with van der Waals surface area (Å²) in [5.41, 5.74) is 0. The molecule has 0 aliphatic heterocycles. The van der Waals surface area contributed by atoms with Crippen LogP contribution in [0.4, 0.5) is 0 Å². The fourth-order valence-electron chi connectivity index (χ4n) is 1.93. The Hall–Kier alpha value is -2.13. The van der Waals surface area contributed by atoms with Crippen LogP contribution in [0.5, 0.6) is 0 Å². The second-order valence-corrected chi connectivity index (χ2v) is 6.70. The zero-order valence-corrected chi connectivity index (χ0v) is 14.2. The third-order valence-corrected chi connectivity index (χ3v) is 5.17. The number of aromatic nitrogens is 4. The van der Waals surface area contributed by atoms with Crippen molar-refractivity contribution >= 4 is 29.0 Å². The lowest BCUT2D eigenvalue weighted by Gasteiger charge is -2.22. The van der Waals surface area contributed by atoms with Crippen LogP contribution in [0.25, 0.3) is 0 Å². The molecular weight excluding hydrogens is 334 g/mol. The van der Waals surface area contributed by atoms with Gasteiger partial charge in [-0.2, -0.15) is 5.10 Å². The first-order valence-corrected chi connectivity index (χ1v) is 8.75. The van der Waals surface area contributed by atoms with Crippen molar-refractivity contribution in [2.45, 2.75) is 23.9 Å². The maximum atomic E-state index is 12.5. The number of nitrogens with zero attached hydrogens (tertiary/aromatic N) is 4. The van der Waals surface area contributed by atoms with Crippen LogP contribution in [-0.2, 0) is 5.75 Å². The highest BCUT2D eigenvalue weighted by molar-refractivity contribution is 7.98. The molecule has 120 valence electrons. The van der Waals surface area contributed by atoms with E-state index in [-0.39, 0.29) is 11.9 Å². The fraction of sp³-hybridized carbons (Fsp3) is 0.286. The van der Waals surface area contributed by atoms with Crippen molar-refractivity contribution in [1.29, 1.82) is 0 Å². The molecule has 9 heteroatoms. The van der Waals surface area contributed by atoms with E-state index in [4.69, 9.17) is 4.42 Å². The first-order valence-electron chi connectivity index (χ1n) is 6.88. The first-order chi connectivity index (χ1) is 11.1. The van der Waals surface area contributed by atoms with Crippen molar-refractivity contribution in [3.63, 3.8) is 0 Å². The van der Waals surface area contributed by atoms with Gasteiger partial charge in [0.1, 0.15) is 17.1 Å². The lowest BCUT2D eigenvalue weighted by Crippen LogP contribution is -2.29. The number of nitrogens with one attached hydrogen (secondary N) is 1. The molecule has 1 atom stereocenters. The number of carbonyl (C=O) groups excluding carboxylic acids is 1. The van der Waals surface area contributed by atoms with Crippen molar-refractivity contribution in [3.8, 4) is 0 Å². The number of thiazole rings is 1. The molecule has 0 aliphatic rings. The first kappa shape index (κ1) is 15.8. The van der Waals surface area contributed by atoms with Gasteiger partial charge in [-0.05, 0) is 19.1 Å². The third-order valence-electron chi connectivity index (χ3n) is 3.33. The monoisotopic (exact) mass is 349 g/mol. The van der Waals surface area contributed by atoms with Crippen LogP contribution in [-0.4, -0.2) is 38.0 Å². The summed E-state index contributed by atoms with van der Waals surface area (Å²) < 4.78 is 5.64. The maximum Gasteiger partial charge on any atom is 0.289 e. The number of rotatable bonds is 6. The molecule has 7 nitrogen and oxygen atoms in total. The van der Waals surface area contributed by atoms with E-state index < -0.39 is 0 Å². The number of furan rings is 1. The average Bonchev–Trinajstić information content (AvgIpc) is 3.33. The van der Waals surface area contributed by atoms with Crippen LogP contribution >= 0.6 is 23.1 Å². The highest BCUT2D eigenvalue weighted by Crippen LogP contribution is 2.24. The van der Waals surface area contributed by atoms with Crippen LogP contribution in [0.2, 0.25) is 0 Å². The van der Waals surface area contributed by atoms with Gasteiger partial charge in [0.2, 0.25) is 0 Å². The minimum atomic E-state index is -0.163. The van der Waals surface area contributed by atoms with Gasteiger partial charge in [-0.1, -0.05) is 11.8 Å². The van der Waals surface area contributed by atoms with E-state index in [2.05, 4.69) is 20.2 Å². The lowest BCUT2D eigenvalue weighted by atomic mass is 10.3. The maximum absolute atomic E-state index is 12.5. The molecule has 0 aromatic carbocycles. The molecular formula is C14H15N5O2S2. The van der Waals surface area contributed by atoms with E-state index in [1.165, 1.54) is 29.4 Å². The van der Waals surface area contributed by atoms with Crippen LogP contribution in [0, 0.1) is 0 Å². The molecule has 3 aromatic heterocycles. The van der Waals surface area contributed by atoms with Crippen molar-refractivity contribution in [2.75, 3.05) is 7.05 Å². The smallest absolute Gasteiger partial charge is 0.289 e. The summed E-state index contributed by atoms with van der Waals surface area (Å²) in [5.74, 6) is 1.45. The Balaban J connectivity index is 1.63. The topological polar surface area (TPSA) is 87.9 Å². The van der Waals surface area contributed by atoms with Gasteiger partial charge in [0.05, 0.1) is 11.8 Å². The van der Waals surface area contributed by atoms with Gasteiger partial charge in [-0.25, -0.2) is 9.97 Å². The SMILES string of the molecule is CC(c1nccs1)N(C)C(=O)c1ccc(CSc2ncn[nH]2)o1. The molecule has 0 saturated heterocycles. The minimum absolute atomic E-state index is 0.0976. The summed E-state index contributed by atoms with van der Waals surface area (Å²) in [6.07, 6.45) is 3.19. The van der Waals surface area contributed by atoms with Crippen molar-refractivity contribution in [3.05, 3.63) is 46.6 Å². The Morgan fingerprint density at radius 1 is 1.48 bits per heavy atom. The second-order valence-electron chi connectivity index (χ2n) is 4.81. The molecule has 1 amide bonds. The lowest BCUT2D eigenvalue weighted by molar-refractivity contribution is 0.0708. The number of carbonyl (C=O) groups is 1. The Morgan fingerprint density at radius 3 is 3.04 bits per heavy atom. The van der Waals surface area contributed by atoms with Crippen LogP contribution in [0.15, 0.2) is 39.6 Å². The van der Waals surface area contributed by atoms with E-state index in [0.717, 1.165) is 5.01 Å². The number of thioether (sulfide) groups is 1. The molecule has 0 aliphatic carbocycles. The van der Waals surface area contributed by atoms with Gasteiger partial charge in [0.25, 0.3) is 5.91 Å². The summed E-state index contributed by atoms with van der Waals surface area (Å²) >= 11 is 2.99. The van der Waals surface area contributed by atoms with Gasteiger partial charge in [0.15, 0.2) is 10.9 Å². The molecule has 0 spiro atoms. The van der Waals surface area contributed by atoms with E-state index in [1.54, 1.807) is 30.3 Å². The standard InChI is InChI=1S/C14H15N5O2S2/c1-9(12-15-5-6-22-12)19(2)13(20)11-4-3-10(21-11)7-23-14-16-8-17-18-14/h3-6,8-9H,7H2,1-2H3,(H,16,17,18). The summed E-state index contributed by atoms with van der Waals surface area (Å²) in [5, 5.41) is 10.1. The van der Waals surface area contributed by atoms with Crippen LogP contribution < -0.4 is 0 Å². The number of H-pyrrole nitrogens is 1. The zero-order valence-electron chi connectivity index (χ0n) is 12.6. The molecule has 3 rings (SSSR count). The number of amides is 1. The summed E-state index contributed by atoms with van der Waals surface area (Å²) in [6.45, 7) is 1.94. The van der Waals surface area contributed by atoms with E-state index in [1.807, 2.05) is 12.3 Å². The third kappa shape index (κ3) is 3.62. The van der Waals surface area contributed by atoms with Crippen molar-refractivity contribution < 1.29 is 9.21 Å². The normalized spacial score (nSPS) is 12.3. The predicted molar refractivity (Wildman–Crippen MR) is 87.3 cm³/mol. The van der Waals surface area contributed by atoms with Gasteiger partial charge in [0, 0.05) is 18.6 Å². The Morgan fingerprint density at radius 2 is 2.35 bits per heavy atom. The number of hydrogen-bond donors (Lipinski definition) is 1. The van der Waals surface area contributed by atoms with Crippen molar-refractivity contribution in [2.24, 2.45) is 0 Å². The Bertz CT molecular complexity index is 754. The van der Waals surface area contributed by atoms with Crippen molar-refractivity contribution in [1.82, 2.24) is 25.1 Å². The van der Waals surface area contributed by atoms with E-state index in [9.17, 15) is 4.79 Å². The zero-order chi connectivity index (χ0) is 16.2. The number of hydrogen-bond acceptors (Lipinski definition) is 7. The molecule has 1 N–H and O–H groups in total. The minimum Gasteiger partial charge on any atom is -0.455 e. The van der Waals surface area contributed by atoms with Gasteiger partial charge >= 0.3 is 0 Å². The molecule has 0 saturated carbocycles. The largest absolute Gasteiger partial charge is 0.455 e. The molecule has 1 unspecified atom stereocenters. The number of aromatic amines is 1.